The van der Waals surface area contributed by atoms with Crippen LogP contribution in [0, 0.1) is 6.92 Å². The van der Waals surface area contributed by atoms with Crippen LogP contribution in [0.2, 0.25) is 0 Å². The maximum atomic E-state index is 12.2. The summed E-state index contributed by atoms with van der Waals surface area (Å²) in [6, 6.07) is 16.9. The van der Waals surface area contributed by atoms with Gasteiger partial charge in [0.15, 0.2) is 0 Å². The molecule has 4 N–H and O–H groups in total. The highest BCUT2D eigenvalue weighted by Gasteiger charge is 2.05. The number of amides is 2. The van der Waals surface area contributed by atoms with E-state index >= 15 is 0 Å². The first kappa shape index (κ1) is 20.1. The number of hydrogen-bond donors (Lipinski definition) is 4. The van der Waals surface area contributed by atoms with Crippen LogP contribution in [-0.2, 0) is 6.42 Å². The van der Waals surface area contributed by atoms with Gasteiger partial charge in [-0.05, 0) is 62.2 Å². The lowest BCUT2D eigenvalue weighted by molar-refractivity contribution is 0.262. The van der Waals surface area contributed by atoms with Crippen molar-refractivity contribution in [1.29, 1.82) is 0 Å². The Kier molecular flexibility index (Phi) is 6.63. The summed E-state index contributed by atoms with van der Waals surface area (Å²) in [5.41, 5.74) is 4.39. The minimum Gasteiger partial charge on any atom is -0.354 e. The van der Waals surface area contributed by atoms with E-state index in [1.807, 2.05) is 68.4 Å². The maximum absolute atomic E-state index is 12.2. The highest BCUT2D eigenvalue weighted by molar-refractivity contribution is 5.99. The third-order valence-electron chi connectivity index (χ3n) is 4.20. The zero-order valence-corrected chi connectivity index (χ0v) is 16.9. The summed E-state index contributed by atoms with van der Waals surface area (Å²) in [4.78, 5) is 21.0. The molecule has 0 radical (unpaired) electrons. The molecule has 29 heavy (non-hydrogen) atoms. The molecule has 2 aromatic carbocycles. The molecule has 0 spiro atoms. The van der Waals surface area contributed by atoms with Crippen molar-refractivity contribution in [1.82, 2.24) is 9.97 Å². The van der Waals surface area contributed by atoms with Gasteiger partial charge in [-0.1, -0.05) is 19.1 Å². The molecule has 0 aliphatic carbocycles. The molecule has 0 aliphatic heterocycles. The predicted octanol–water partition coefficient (Wildman–Crippen LogP) is 5.17. The largest absolute Gasteiger partial charge is 0.354 e. The van der Waals surface area contributed by atoms with Crippen molar-refractivity contribution in [3.8, 4) is 0 Å². The van der Waals surface area contributed by atoms with Gasteiger partial charge < -0.3 is 21.3 Å². The van der Waals surface area contributed by atoms with Crippen molar-refractivity contribution in [3.05, 3.63) is 65.9 Å². The van der Waals surface area contributed by atoms with E-state index in [1.165, 1.54) is 5.56 Å². The molecule has 150 valence electrons. The Morgan fingerprint density at radius 1 is 0.897 bits per heavy atom. The molecule has 0 saturated carbocycles. The number of nitrogens with zero attached hydrogens (tertiary/aromatic N) is 2. The van der Waals surface area contributed by atoms with Crippen molar-refractivity contribution in [2.45, 2.75) is 27.2 Å². The van der Waals surface area contributed by atoms with E-state index in [4.69, 9.17) is 0 Å². The summed E-state index contributed by atoms with van der Waals surface area (Å²) in [5.74, 6) is 1.31. The van der Waals surface area contributed by atoms with Gasteiger partial charge >= 0.3 is 6.03 Å². The molecule has 7 heteroatoms. The molecule has 0 aliphatic rings. The van der Waals surface area contributed by atoms with E-state index in [1.54, 1.807) is 0 Å². The summed E-state index contributed by atoms with van der Waals surface area (Å²) in [7, 11) is 0. The van der Waals surface area contributed by atoms with Crippen LogP contribution >= 0.6 is 0 Å². The van der Waals surface area contributed by atoms with Crippen LogP contribution in [0.4, 0.5) is 33.6 Å². The minimum absolute atomic E-state index is 0.277. The molecule has 0 atom stereocenters. The van der Waals surface area contributed by atoms with E-state index in [0.717, 1.165) is 30.0 Å². The zero-order chi connectivity index (χ0) is 20.6. The van der Waals surface area contributed by atoms with Gasteiger partial charge in [0, 0.05) is 35.4 Å². The van der Waals surface area contributed by atoms with Crippen LogP contribution < -0.4 is 21.3 Å². The van der Waals surface area contributed by atoms with Gasteiger partial charge in [0.2, 0.25) is 5.95 Å². The van der Waals surface area contributed by atoms with E-state index in [0.29, 0.717) is 17.5 Å². The molecule has 7 nitrogen and oxygen atoms in total. The van der Waals surface area contributed by atoms with Gasteiger partial charge in [-0.25, -0.2) is 9.78 Å². The molecule has 0 unspecified atom stereocenters. The van der Waals surface area contributed by atoms with Gasteiger partial charge in [-0.2, -0.15) is 4.98 Å². The van der Waals surface area contributed by atoms with Crippen LogP contribution in [0.1, 0.15) is 25.1 Å². The minimum atomic E-state index is -0.277. The topological polar surface area (TPSA) is 91.0 Å². The predicted molar refractivity (Wildman–Crippen MR) is 119 cm³/mol. The van der Waals surface area contributed by atoms with Crippen LogP contribution in [0.3, 0.4) is 0 Å². The van der Waals surface area contributed by atoms with E-state index in [-0.39, 0.29) is 6.03 Å². The molecular formula is C22H26N6O. The van der Waals surface area contributed by atoms with Crippen molar-refractivity contribution in [2.75, 3.05) is 27.8 Å². The first-order valence-corrected chi connectivity index (χ1v) is 9.69. The normalized spacial score (nSPS) is 10.3. The maximum Gasteiger partial charge on any atom is 0.323 e. The molecule has 1 heterocycles. The van der Waals surface area contributed by atoms with Gasteiger partial charge in [0.05, 0.1) is 0 Å². The first-order valence-electron chi connectivity index (χ1n) is 9.69. The smallest absolute Gasteiger partial charge is 0.323 e. The second-order valence-electron chi connectivity index (χ2n) is 6.58. The number of aromatic nitrogens is 2. The van der Waals surface area contributed by atoms with Crippen molar-refractivity contribution >= 4 is 34.9 Å². The van der Waals surface area contributed by atoms with Gasteiger partial charge in [-0.3, -0.25) is 0 Å². The molecule has 0 saturated heterocycles. The number of urea groups is 1. The lowest BCUT2D eigenvalue weighted by Crippen LogP contribution is -2.19. The highest BCUT2D eigenvalue weighted by atomic mass is 16.2. The monoisotopic (exact) mass is 390 g/mol. The third-order valence-corrected chi connectivity index (χ3v) is 4.20. The quantitative estimate of drug-likeness (QED) is 0.447. The zero-order valence-electron chi connectivity index (χ0n) is 16.9. The summed E-state index contributed by atoms with van der Waals surface area (Å²) >= 11 is 0. The molecule has 3 rings (SSSR count). The summed E-state index contributed by atoms with van der Waals surface area (Å²) in [5, 5.41) is 12.1. The molecule has 3 aromatic rings. The number of hydrogen-bond acceptors (Lipinski definition) is 5. The Balaban J connectivity index is 1.60. The lowest BCUT2D eigenvalue weighted by Gasteiger charge is -2.11. The third kappa shape index (κ3) is 5.93. The lowest BCUT2D eigenvalue weighted by atomic mass is 10.1. The van der Waals surface area contributed by atoms with Gasteiger partial charge in [0.1, 0.15) is 5.82 Å². The summed E-state index contributed by atoms with van der Waals surface area (Å²) in [6.07, 6.45) is 0.924. The molecule has 2 amide bonds. The Morgan fingerprint density at radius 2 is 1.62 bits per heavy atom. The molecule has 0 bridgehead atoms. The number of aryl methyl sites for hydroxylation is 2. The second kappa shape index (κ2) is 9.54. The SMILES string of the molecule is CCNc1nc(C)cc(Nc2ccc(NC(=O)Nc3cccc(CC)c3)cc2)n1. The fourth-order valence-corrected chi connectivity index (χ4v) is 2.82. The Labute approximate surface area is 171 Å². The van der Waals surface area contributed by atoms with Crippen LogP contribution in [0.5, 0.6) is 0 Å². The summed E-state index contributed by atoms with van der Waals surface area (Å²) < 4.78 is 0. The van der Waals surface area contributed by atoms with Gasteiger partial charge in [0.25, 0.3) is 0 Å². The molecule has 0 fully saturated rings. The fourth-order valence-electron chi connectivity index (χ4n) is 2.82. The van der Waals surface area contributed by atoms with Crippen LogP contribution in [0.15, 0.2) is 54.6 Å². The average Bonchev–Trinajstić information content (AvgIpc) is 2.69. The van der Waals surface area contributed by atoms with Crippen LogP contribution in [0.25, 0.3) is 0 Å². The Bertz CT molecular complexity index is 971. The second-order valence-corrected chi connectivity index (χ2v) is 6.58. The first-order chi connectivity index (χ1) is 14.1. The highest BCUT2D eigenvalue weighted by Crippen LogP contribution is 2.19. The number of benzene rings is 2. The molecule has 1 aromatic heterocycles. The van der Waals surface area contributed by atoms with Crippen molar-refractivity contribution < 1.29 is 4.79 Å². The Morgan fingerprint density at radius 3 is 2.34 bits per heavy atom. The standard InChI is InChI=1S/C22H26N6O/c1-4-16-7-6-8-19(14-16)27-22(29)26-18-11-9-17(10-12-18)25-20-13-15(3)24-21(28-20)23-5-2/h6-14H,4-5H2,1-3H3,(H2,26,27,29)(H2,23,24,25,28). The van der Waals surface area contributed by atoms with Gasteiger partial charge in [-0.15, -0.1) is 0 Å². The molecular weight excluding hydrogens is 364 g/mol. The van der Waals surface area contributed by atoms with E-state index in [2.05, 4.69) is 38.2 Å². The van der Waals surface area contributed by atoms with Crippen molar-refractivity contribution in [3.63, 3.8) is 0 Å². The van der Waals surface area contributed by atoms with Crippen molar-refractivity contribution in [2.24, 2.45) is 0 Å². The number of carbonyl (C=O) groups is 1. The van der Waals surface area contributed by atoms with Crippen LogP contribution in [-0.4, -0.2) is 22.5 Å². The fraction of sp³-hybridized carbons (Fsp3) is 0.227. The number of nitrogens with one attached hydrogen (secondary N) is 4. The number of anilines is 5. The van der Waals surface area contributed by atoms with E-state index in [9.17, 15) is 4.79 Å². The van der Waals surface area contributed by atoms with E-state index < -0.39 is 0 Å². The number of carbonyl (C=O) groups excluding carboxylic acids is 1. The Hall–Kier alpha value is -3.61. The number of rotatable bonds is 7. The summed E-state index contributed by atoms with van der Waals surface area (Å²) in [6.45, 7) is 6.77. The average molecular weight is 390 g/mol.